The summed E-state index contributed by atoms with van der Waals surface area (Å²) in [5.74, 6) is 0.135. The van der Waals surface area contributed by atoms with Crippen molar-refractivity contribution in [3.8, 4) is 0 Å². The van der Waals surface area contributed by atoms with Crippen LogP contribution in [-0.2, 0) is 11.3 Å². The van der Waals surface area contributed by atoms with Gasteiger partial charge in [-0.1, -0.05) is 0 Å². The molecule has 2 saturated heterocycles. The fourth-order valence-corrected chi connectivity index (χ4v) is 4.01. The van der Waals surface area contributed by atoms with Crippen molar-refractivity contribution >= 4 is 11.8 Å². The molecular weight excluding hydrogens is 306 g/mol. The number of carbonyl (C=O) groups is 2. The minimum Gasteiger partial charge on any atom is -0.353 e. The number of nitrogens with one attached hydrogen (secondary N) is 1. The molecule has 2 amide bonds. The van der Waals surface area contributed by atoms with Crippen molar-refractivity contribution in [1.82, 2.24) is 24.9 Å². The van der Waals surface area contributed by atoms with Crippen molar-refractivity contribution in [3.63, 3.8) is 0 Å². The lowest BCUT2D eigenvalue weighted by Gasteiger charge is -2.48. The molecule has 1 N–H and O–H groups in total. The van der Waals surface area contributed by atoms with Crippen LogP contribution in [0.4, 0.5) is 0 Å². The van der Waals surface area contributed by atoms with Crippen LogP contribution < -0.4 is 5.32 Å². The maximum atomic E-state index is 12.6. The van der Waals surface area contributed by atoms with E-state index in [4.69, 9.17) is 0 Å². The van der Waals surface area contributed by atoms with Crippen LogP contribution in [-0.4, -0.2) is 70.2 Å². The number of carbonyl (C=O) groups excluding carboxylic acids is 2. The van der Waals surface area contributed by atoms with Crippen LogP contribution in [0.2, 0.25) is 0 Å². The van der Waals surface area contributed by atoms with Crippen LogP contribution in [0.15, 0.2) is 12.3 Å². The molecule has 1 aromatic heterocycles. The van der Waals surface area contributed by atoms with E-state index in [0.717, 1.165) is 26.1 Å². The fourth-order valence-electron chi connectivity index (χ4n) is 4.01. The summed E-state index contributed by atoms with van der Waals surface area (Å²) in [6.07, 6.45) is 2.49. The van der Waals surface area contributed by atoms with Gasteiger partial charge in [-0.25, -0.2) is 0 Å². The number of nitrogens with zero attached hydrogens (tertiary/aromatic N) is 4. The highest BCUT2D eigenvalue weighted by Gasteiger charge is 2.53. The van der Waals surface area contributed by atoms with Gasteiger partial charge in [0, 0.05) is 43.8 Å². The zero-order chi connectivity index (χ0) is 17.5. The molecule has 3 rings (SSSR count). The van der Waals surface area contributed by atoms with E-state index in [0.29, 0.717) is 12.2 Å². The zero-order valence-corrected chi connectivity index (χ0v) is 15.0. The lowest BCUT2D eigenvalue weighted by molar-refractivity contribution is -0.125. The molecule has 0 saturated carbocycles. The topological polar surface area (TPSA) is 70.5 Å². The Morgan fingerprint density at radius 1 is 1.38 bits per heavy atom. The van der Waals surface area contributed by atoms with E-state index in [-0.39, 0.29) is 29.3 Å². The van der Waals surface area contributed by atoms with Gasteiger partial charge in [-0.05, 0) is 40.3 Å². The smallest absolute Gasteiger partial charge is 0.272 e. The van der Waals surface area contributed by atoms with E-state index in [9.17, 15) is 9.59 Å². The molecule has 0 bridgehead atoms. The van der Waals surface area contributed by atoms with Crippen molar-refractivity contribution in [3.05, 3.63) is 18.0 Å². The van der Waals surface area contributed by atoms with Crippen LogP contribution in [0.1, 0.15) is 37.7 Å². The molecule has 0 radical (unpaired) electrons. The zero-order valence-electron chi connectivity index (χ0n) is 15.0. The standard InChI is InChI=1S/C17H27N5O2/c1-5-22-13(6-7-18-22)16(24)21-10-17(11-21)8-14(20(4)9-17)15(23)19-12(2)3/h6-7,12,14H,5,8-11H2,1-4H3,(H,19,23). The highest BCUT2D eigenvalue weighted by atomic mass is 16.2. The van der Waals surface area contributed by atoms with Gasteiger partial charge in [-0.3, -0.25) is 19.2 Å². The molecular formula is C17H27N5O2. The van der Waals surface area contributed by atoms with E-state index < -0.39 is 0 Å². The average Bonchev–Trinajstić information content (AvgIpc) is 3.08. The van der Waals surface area contributed by atoms with Gasteiger partial charge in [0.1, 0.15) is 5.69 Å². The Morgan fingerprint density at radius 3 is 2.71 bits per heavy atom. The van der Waals surface area contributed by atoms with E-state index >= 15 is 0 Å². The molecule has 1 atom stereocenters. The number of hydrogen-bond acceptors (Lipinski definition) is 4. The number of hydrogen-bond donors (Lipinski definition) is 1. The molecule has 0 aromatic carbocycles. The maximum absolute atomic E-state index is 12.6. The second-order valence-corrected chi connectivity index (χ2v) is 7.49. The van der Waals surface area contributed by atoms with E-state index in [1.54, 1.807) is 16.9 Å². The number of likely N-dealkylation sites (tertiary alicyclic amines) is 2. The highest BCUT2D eigenvalue weighted by molar-refractivity contribution is 5.93. The van der Waals surface area contributed by atoms with Gasteiger partial charge in [-0.15, -0.1) is 0 Å². The largest absolute Gasteiger partial charge is 0.353 e. The molecule has 1 unspecified atom stereocenters. The van der Waals surface area contributed by atoms with Gasteiger partial charge < -0.3 is 10.2 Å². The van der Waals surface area contributed by atoms with Crippen molar-refractivity contribution in [2.24, 2.45) is 5.41 Å². The van der Waals surface area contributed by atoms with Crippen LogP contribution in [0.3, 0.4) is 0 Å². The molecule has 7 nitrogen and oxygen atoms in total. The summed E-state index contributed by atoms with van der Waals surface area (Å²) in [6.45, 7) is 8.91. The van der Waals surface area contributed by atoms with Gasteiger partial charge in [-0.2, -0.15) is 5.10 Å². The van der Waals surface area contributed by atoms with E-state index in [2.05, 4.69) is 15.3 Å². The van der Waals surface area contributed by atoms with E-state index in [1.165, 1.54) is 0 Å². The van der Waals surface area contributed by atoms with Crippen LogP contribution >= 0.6 is 0 Å². The third-order valence-corrected chi connectivity index (χ3v) is 5.05. The molecule has 132 valence electrons. The number of aromatic nitrogens is 2. The van der Waals surface area contributed by atoms with Crippen molar-refractivity contribution < 1.29 is 9.59 Å². The van der Waals surface area contributed by atoms with Gasteiger partial charge in [0.2, 0.25) is 5.91 Å². The monoisotopic (exact) mass is 333 g/mol. The minimum absolute atomic E-state index is 0.0395. The normalized spacial score (nSPS) is 22.9. The Balaban J connectivity index is 1.61. The molecule has 7 heteroatoms. The molecule has 2 aliphatic rings. The summed E-state index contributed by atoms with van der Waals surface area (Å²) in [7, 11) is 2.00. The minimum atomic E-state index is -0.0918. The molecule has 2 aliphatic heterocycles. The average molecular weight is 333 g/mol. The number of likely N-dealkylation sites (N-methyl/N-ethyl adjacent to an activating group) is 1. The molecule has 0 aliphatic carbocycles. The van der Waals surface area contributed by atoms with Crippen molar-refractivity contribution in [2.45, 2.75) is 45.8 Å². The SMILES string of the molecule is CCn1nccc1C(=O)N1CC2(CC(C(=O)NC(C)C)N(C)C2)C1. The first kappa shape index (κ1) is 17.0. The second-order valence-electron chi connectivity index (χ2n) is 7.49. The third kappa shape index (κ3) is 2.92. The van der Waals surface area contributed by atoms with Crippen molar-refractivity contribution in [2.75, 3.05) is 26.7 Å². The summed E-state index contributed by atoms with van der Waals surface area (Å²) in [5.41, 5.74) is 0.702. The Morgan fingerprint density at radius 2 is 2.08 bits per heavy atom. The summed E-state index contributed by atoms with van der Waals surface area (Å²) in [4.78, 5) is 29.0. The van der Waals surface area contributed by atoms with Crippen LogP contribution in [0.5, 0.6) is 0 Å². The molecule has 1 aromatic rings. The summed E-state index contributed by atoms with van der Waals surface area (Å²) in [6, 6.07) is 1.83. The third-order valence-electron chi connectivity index (χ3n) is 5.05. The van der Waals surface area contributed by atoms with Crippen LogP contribution in [0, 0.1) is 5.41 Å². The second kappa shape index (κ2) is 6.20. The predicted molar refractivity (Wildman–Crippen MR) is 90.6 cm³/mol. The lowest BCUT2D eigenvalue weighted by Crippen LogP contribution is -2.59. The highest BCUT2D eigenvalue weighted by Crippen LogP contribution is 2.42. The van der Waals surface area contributed by atoms with Gasteiger partial charge in [0.05, 0.1) is 6.04 Å². The fraction of sp³-hybridized carbons (Fsp3) is 0.706. The quantitative estimate of drug-likeness (QED) is 0.875. The number of rotatable bonds is 4. The molecule has 1 spiro atoms. The number of aryl methyl sites for hydroxylation is 1. The summed E-state index contributed by atoms with van der Waals surface area (Å²) in [5, 5.41) is 7.17. The number of amides is 2. The summed E-state index contributed by atoms with van der Waals surface area (Å²) >= 11 is 0. The first-order chi connectivity index (χ1) is 11.3. The Hall–Kier alpha value is -1.89. The molecule has 24 heavy (non-hydrogen) atoms. The van der Waals surface area contributed by atoms with E-state index in [1.807, 2.05) is 32.7 Å². The maximum Gasteiger partial charge on any atom is 0.272 e. The lowest BCUT2D eigenvalue weighted by atomic mass is 9.77. The Labute approximate surface area is 143 Å². The first-order valence-corrected chi connectivity index (χ1v) is 8.67. The molecule has 3 heterocycles. The van der Waals surface area contributed by atoms with Crippen LogP contribution in [0.25, 0.3) is 0 Å². The predicted octanol–water partition coefficient (Wildman–Crippen LogP) is 0.574. The van der Waals surface area contributed by atoms with Gasteiger partial charge >= 0.3 is 0 Å². The molecule has 2 fully saturated rings. The first-order valence-electron chi connectivity index (χ1n) is 8.67. The van der Waals surface area contributed by atoms with Gasteiger partial charge in [0.25, 0.3) is 5.91 Å². The van der Waals surface area contributed by atoms with Crippen molar-refractivity contribution in [1.29, 1.82) is 0 Å². The Kier molecular flexibility index (Phi) is 4.38. The Bertz CT molecular complexity index is 633. The van der Waals surface area contributed by atoms with Gasteiger partial charge in [0.15, 0.2) is 0 Å². The summed E-state index contributed by atoms with van der Waals surface area (Å²) < 4.78 is 1.73.